The lowest BCUT2D eigenvalue weighted by Gasteiger charge is -2.05. The quantitative estimate of drug-likeness (QED) is 0.583. The lowest BCUT2D eigenvalue weighted by atomic mass is 10.2. The molecule has 0 radical (unpaired) electrons. The van der Waals surface area contributed by atoms with E-state index in [1.54, 1.807) is 6.92 Å². The number of aliphatic hydroxyl groups excluding tert-OH is 1. The Hall–Kier alpha value is -1.70. The average molecular weight is 190 g/mol. The Kier molecular flexibility index (Phi) is 3.80. The van der Waals surface area contributed by atoms with Crippen molar-refractivity contribution in [2.75, 3.05) is 0 Å². The molecule has 1 aromatic carbocycles. The number of rotatable bonds is 4. The Balaban J connectivity index is 2.42. The van der Waals surface area contributed by atoms with Gasteiger partial charge in [-0.3, -0.25) is 0 Å². The molecule has 14 heavy (non-hydrogen) atoms. The van der Waals surface area contributed by atoms with Gasteiger partial charge in [-0.25, -0.2) is 0 Å². The third-order valence-corrected chi connectivity index (χ3v) is 1.64. The molecular formula is C12H14O2. The predicted octanol–water partition coefficient (Wildman–Crippen LogP) is 3.18. The summed E-state index contributed by atoms with van der Waals surface area (Å²) in [7, 11) is 0. The monoisotopic (exact) mass is 190 g/mol. The van der Waals surface area contributed by atoms with E-state index in [0.717, 1.165) is 5.56 Å². The number of hydrogen-bond acceptors (Lipinski definition) is 2. The topological polar surface area (TPSA) is 29.5 Å². The molecule has 0 aromatic heterocycles. The number of aliphatic hydroxyl groups is 1. The van der Waals surface area contributed by atoms with Gasteiger partial charge in [0, 0.05) is 6.08 Å². The number of ether oxygens (including phenoxy) is 1. The van der Waals surface area contributed by atoms with E-state index >= 15 is 0 Å². The average Bonchev–Trinajstić information content (AvgIpc) is 2.15. The number of hydrogen-bond donors (Lipinski definition) is 1. The van der Waals surface area contributed by atoms with Crippen molar-refractivity contribution in [3.05, 3.63) is 60.1 Å². The van der Waals surface area contributed by atoms with Gasteiger partial charge in [-0.15, -0.1) is 0 Å². The van der Waals surface area contributed by atoms with Crippen LogP contribution in [0.1, 0.15) is 12.5 Å². The van der Waals surface area contributed by atoms with E-state index in [0.29, 0.717) is 12.4 Å². The van der Waals surface area contributed by atoms with Crippen LogP contribution in [-0.2, 0) is 11.3 Å². The minimum absolute atomic E-state index is 0.197. The van der Waals surface area contributed by atoms with Gasteiger partial charge >= 0.3 is 0 Å². The Labute approximate surface area is 84.1 Å². The van der Waals surface area contributed by atoms with Crippen molar-refractivity contribution in [2.45, 2.75) is 13.5 Å². The van der Waals surface area contributed by atoms with E-state index in [1.807, 2.05) is 30.3 Å². The van der Waals surface area contributed by atoms with Crippen LogP contribution in [0.3, 0.4) is 0 Å². The van der Waals surface area contributed by atoms with Gasteiger partial charge in [0.1, 0.15) is 12.4 Å². The van der Waals surface area contributed by atoms with Gasteiger partial charge in [-0.1, -0.05) is 36.9 Å². The van der Waals surface area contributed by atoms with Crippen LogP contribution in [0.5, 0.6) is 0 Å². The molecule has 0 saturated carbocycles. The van der Waals surface area contributed by atoms with Crippen molar-refractivity contribution in [3.63, 3.8) is 0 Å². The summed E-state index contributed by atoms with van der Waals surface area (Å²) in [5, 5.41) is 8.94. The molecule has 0 atom stereocenters. The first-order chi connectivity index (χ1) is 6.68. The highest BCUT2D eigenvalue weighted by Crippen LogP contribution is 2.06. The van der Waals surface area contributed by atoms with E-state index in [1.165, 1.54) is 6.08 Å². The molecule has 0 unspecified atom stereocenters. The van der Waals surface area contributed by atoms with Crippen molar-refractivity contribution in [1.82, 2.24) is 0 Å². The van der Waals surface area contributed by atoms with Crippen LogP contribution in [0.4, 0.5) is 0 Å². The smallest absolute Gasteiger partial charge is 0.115 e. The molecule has 1 rings (SSSR count). The molecule has 0 aliphatic rings. The summed E-state index contributed by atoms with van der Waals surface area (Å²) in [4.78, 5) is 0. The fourth-order valence-electron chi connectivity index (χ4n) is 1.02. The summed E-state index contributed by atoms with van der Waals surface area (Å²) < 4.78 is 5.31. The Bertz CT molecular complexity index is 321. The molecule has 2 nitrogen and oxygen atoms in total. The molecule has 74 valence electrons. The highest BCUT2D eigenvalue weighted by molar-refractivity contribution is 5.15. The highest BCUT2D eigenvalue weighted by Gasteiger charge is 1.93. The van der Waals surface area contributed by atoms with Crippen LogP contribution >= 0.6 is 0 Å². The lowest BCUT2D eigenvalue weighted by Crippen LogP contribution is -1.90. The molecule has 0 amide bonds. The third-order valence-electron chi connectivity index (χ3n) is 1.64. The van der Waals surface area contributed by atoms with Gasteiger partial charge in [0.05, 0.1) is 5.76 Å². The van der Waals surface area contributed by atoms with Crippen LogP contribution in [0.25, 0.3) is 0 Å². The first-order valence-electron chi connectivity index (χ1n) is 4.41. The van der Waals surface area contributed by atoms with Crippen LogP contribution in [0.15, 0.2) is 54.5 Å². The number of allylic oxidation sites excluding steroid dienone is 2. The second kappa shape index (κ2) is 5.12. The Morgan fingerprint density at radius 3 is 2.64 bits per heavy atom. The maximum atomic E-state index is 8.94. The second-order valence-corrected chi connectivity index (χ2v) is 3.03. The van der Waals surface area contributed by atoms with E-state index in [2.05, 4.69) is 6.58 Å². The standard InChI is InChI=1S/C12H14O2/c1-10(13)8-11(2)14-9-12-6-4-3-5-7-12/h3-8,13H,2,9H2,1H3/b10-8+. The molecule has 1 aromatic rings. The summed E-state index contributed by atoms with van der Waals surface area (Å²) in [6.07, 6.45) is 1.49. The zero-order valence-corrected chi connectivity index (χ0v) is 8.23. The molecular weight excluding hydrogens is 176 g/mol. The first-order valence-corrected chi connectivity index (χ1v) is 4.41. The zero-order valence-electron chi connectivity index (χ0n) is 8.23. The lowest BCUT2D eigenvalue weighted by molar-refractivity contribution is 0.210. The largest absolute Gasteiger partial charge is 0.512 e. The van der Waals surface area contributed by atoms with Crippen LogP contribution in [-0.4, -0.2) is 5.11 Å². The van der Waals surface area contributed by atoms with Gasteiger partial charge in [-0.05, 0) is 12.5 Å². The van der Waals surface area contributed by atoms with Crippen molar-refractivity contribution >= 4 is 0 Å². The fraction of sp³-hybridized carbons (Fsp3) is 0.167. The van der Waals surface area contributed by atoms with Crippen LogP contribution in [0.2, 0.25) is 0 Å². The van der Waals surface area contributed by atoms with E-state index in [4.69, 9.17) is 9.84 Å². The van der Waals surface area contributed by atoms with E-state index in [-0.39, 0.29) is 5.76 Å². The summed E-state index contributed by atoms with van der Waals surface area (Å²) >= 11 is 0. The van der Waals surface area contributed by atoms with Crippen molar-refractivity contribution in [1.29, 1.82) is 0 Å². The van der Waals surface area contributed by atoms with E-state index in [9.17, 15) is 0 Å². The molecule has 0 aliphatic carbocycles. The Morgan fingerprint density at radius 2 is 2.07 bits per heavy atom. The maximum absolute atomic E-state index is 8.94. The maximum Gasteiger partial charge on any atom is 0.115 e. The minimum Gasteiger partial charge on any atom is -0.512 e. The molecule has 0 saturated heterocycles. The van der Waals surface area contributed by atoms with Crippen molar-refractivity contribution in [2.24, 2.45) is 0 Å². The molecule has 0 fully saturated rings. The summed E-state index contributed by atoms with van der Waals surface area (Å²) in [5.74, 6) is 0.664. The SMILES string of the molecule is C=C(/C=C(\C)O)OCc1ccccc1. The van der Waals surface area contributed by atoms with Gasteiger partial charge in [0.15, 0.2) is 0 Å². The zero-order chi connectivity index (χ0) is 10.4. The van der Waals surface area contributed by atoms with Gasteiger partial charge < -0.3 is 9.84 Å². The van der Waals surface area contributed by atoms with Crippen molar-refractivity contribution in [3.8, 4) is 0 Å². The molecule has 0 heterocycles. The molecule has 1 N–H and O–H groups in total. The van der Waals surface area contributed by atoms with Crippen LogP contribution in [0, 0.1) is 0 Å². The minimum atomic E-state index is 0.197. The fourth-order valence-corrected chi connectivity index (χ4v) is 1.02. The Morgan fingerprint density at radius 1 is 1.43 bits per heavy atom. The first kappa shape index (κ1) is 10.4. The van der Waals surface area contributed by atoms with Crippen LogP contribution < -0.4 is 0 Å². The summed E-state index contributed by atoms with van der Waals surface area (Å²) in [6, 6.07) is 9.81. The third kappa shape index (κ3) is 3.81. The normalized spacial score (nSPS) is 11.1. The van der Waals surface area contributed by atoms with Gasteiger partial charge in [-0.2, -0.15) is 0 Å². The van der Waals surface area contributed by atoms with Gasteiger partial charge in [0.25, 0.3) is 0 Å². The molecule has 0 spiro atoms. The molecule has 0 bridgehead atoms. The summed E-state index contributed by atoms with van der Waals surface area (Å²) in [5.41, 5.74) is 1.08. The summed E-state index contributed by atoms with van der Waals surface area (Å²) in [6.45, 7) is 5.71. The number of benzene rings is 1. The second-order valence-electron chi connectivity index (χ2n) is 3.03. The van der Waals surface area contributed by atoms with Gasteiger partial charge in [0.2, 0.25) is 0 Å². The predicted molar refractivity (Wildman–Crippen MR) is 56.8 cm³/mol. The molecule has 2 heteroatoms. The highest BCUT2D eigenvalue weighted by atomic mass is 16.5. The van der Waals surface area contributed by atoms with Crippen molar-refractivity contribution < 1.29 is 9.84 Å². The molecule has 0 aliphatic heterocycles. The van der Waals surface area contributed by atoms with E-state index < -0.39 is 0 Å².